The largest absolute Gasteiger partial charge is 0.387 e. The molecule has 0 saturated carbocycles. The Labute approximate surface area is 218 Å². The quantitative estimate of drug-likeness (QED) is 0.216. The van der Waals surface area contributed by atoms with Gasteiger partial charge in [0.05, 0.1) is 17.3 Å². The summed E-state index contributed by atoms with van der Waals surface area (Å²) < 4.78 is 0. The zero-order valence-electron chi connectivity index (χ0n) is 21.6. The summed E-state index contributed by atoms with van der Waals surface area (Å²) in [6.07, 6.45) is -1.15. The Bertz CT molecular complexity index is 1190. The molecule has 0 spiro atoms. The molecule has 3 rings (SSSR count). The Morgan fingerprint density at radius 2 is 1.41 bits per heavy atom. The van der Waals surface area contributed by atoms with E-state index in [0.717, 1.165) is 11.1 Å². The lowest BCUT2D eigenvalue weighted by Gasteiger charge is -2.44. The highest BCUT2D eigenvalue weighted by atomic mass is 16.3. The van der Waals surface area contributed by atoms with E-state index in [1.807, 2.05) is 93.4 Å². The molecule has 0 aliphatic heterocycles. The third-order valence-electron chi connectivity index (χ3n) is 5.88. The molecule has 0 aliphatic carbocycles. The molecular weight excluding hydrogens is 464 g/mol. The van der Waals surface area contributed by atoms with Crippen LogP contribution < -0.4 is 21.7 Å². The minimum atomic E-state index is -1.41. The topological polar surface area (TPSA) is 116 Å². The average molecular weight is 501 g/mol. The van der Waals surface area contributed by atoms with Crippen LogP contribution >= 0.6 is 0 Å². The van der Waals surface area contributed by atoms with Crippen molar-refractivity contribution in [2.45, 2.75) is 57.1 Å². The van der Waals surface area contributed by atoms with Gasteiger partial charge in [0.2, 0.25) is 0 Å². The zero-order valence-corrected chi connectivity index (χ0v) is 21.6. The van der Waals surface area contributed by atoms with Crippen molar-refractivity contribution in [3.05, 3.63) is 108 Å². The van der Waals surface area contributed by atoms with Crippen LogP contribution in [0, 0.1) is 0 Å². The highest BCUT2D eigenvalue weighted by Gasteiger charge is 2.44. The second-order valence-electron chi connectivity index (χ2n) is 10.2. The summed E-state index contributed by atoms with van der Waals surface area (Å²) >= 11 is 0. The summed E-state index contributed by atoms with van der Waals surface area (Å²) in [7, 11) is 0. The number of rotatable bonds is 10. The SMILES string of the molecule is CC(C)(C)NC(N)(Cc1ccccc1)C(O)C(NC(=O)NCc1ccccc1)C(=C=O)c1ccccc1. The predicted octanol–water partition coefficient (Wildman–Crippen LogP) is 3.42. The number of nitrogens with two attached hydrogens (primary N) is 1. The number of carbonyl (C=O) groups excluding carboxylic acids is 2. The molecule has 0 heterocycles. The first-order valence-electron chi connectivity index (χ1n) is 12.3. The summed E-state index contributed by atoms with van der Waals surface area (Å²) in [5.74, 6) is 1.96. The van der Waals surface area contributed by atoms with E-state index in [1.54, 1.807) is 24.3 Å². The number of hydrogen-bond acceptors (Lipinski definition) is 5. The Morgan fingerprint density at radius 3 is 1.92 bits per heavy atom. The van der Waals surface area contributed by atoms with Gasteiger partial charge >= 0.3 is 6.03 Å². The molecule has 3 atom stereocenters. The van der Waals surface area contributed by atoms with E-state index in [9.17, 15) is 14.7 Å². The molecule has 37 heavy (non-hydrogen) atoms. The Hall–Kier alpha value is -3.74. The second kappa shape index (κ2) is 12.5. The third-order valence-corrected chi connectivity index (χ3v) is 5.88. The van der Waals surface area contributed by atoms with Gasteiger partial charge in [-0.05, 0) is 37.5 Å². The molecule has 194 valence electrons. The van der Waals surface area contributed by atoms with Crippen molar-refractivity contribution in [1.29, 1.82) is 0 Å². The van der Waals surface area contributed by atoms with Gasteiger partial charge in [-0.15, -0.1) is 0 Å². The fourth-order valence-corrected chi connectivity index (χ4v) is 4.35. The minimum absolute atomic E-state index is 0.0987. The van der Waals surface area contributed by atoms with Gasteiger partial charge in [-0.2, -0.15) is 0 Å². The molecule has 0 radical (unpaired) electrons. The number of urea groups is 1. The lowest BCUT2D eigenvalue weighted by Crippen LogP contribution is -2.72. The van der Waals surface area contributed by atoms with Crippen LogP contribution in [-0.2, 0) is 17.8 Å². The van der Waals surface area contributed by atoms with Gasteiger partial charge < -0.3 is 21.5 Å². The van der Waals surface area contributed by atoms with Crippen LogP contribution in [0.25, 0.3) is 5.57 Å². The van der Waals surface area contributed by atoms with E-state index in [2.05, 4.69) is 16.0 Å². The third kappa shape index (κ3) is 8.13. The highest BCUT2D eigenvalue weighted by Crippen LogP contribution is 2.26. The maximum absolute atomic E-state index is 13.0. The number of carbonyl (C=O) groups is 1. The molecule has 3 unspecified atom stereocenters. The van der Waals surface area contributed by atoms with E-state index >= 15 is 0 Å². The van der Waals surface area contributed by atoms with Crippen LogP contribution in [0.3, 0.4) is 0 Å². The predicted molar refractivity (Wildman–Crippen MR) is 147 cm³/mol. The first kappa shape index (κ1) is 27.8. The Kier molecular flexibility index (Phi) is 9.39. The first-order valence-corrected chi connectivity index (χ1v) is 12.3. The molecule has 2 amide bonds. The molecule has 6 N–H and O–H groups in total. The molecule has 0 fully saturated rings. The molecule has 3 aromatic carbocycles. The maximum atomic E-state index is 13.0. The molecule has 3 aromatic rings. The number of nitrogens with one attached hydrogen (secondary N) is 3. The van der Waals surface area contributed by atoms with E-state index in [0.29, 0.717) is 5.56 Å². The maximum Gasteiger partial charge on any atom is 0.315 e. The van der Waals surface area contributed by atoms with Crippen LogP contribution in [0.2, 0.25) is 0 Å². The number of aliphatic hydroxyl groups excluding tert-OH is 1. The molecule has 0 bridgehead atoms. The fourth-order valence-electron chi connectivity index (χ4n) is 4.35. The van der Waals surface area contributed by atoms with Crippen molar-refractivity contribution in [2.24, 2.45) is 5.73 Å². The second-order valence-corrected chi connectivity index (χ2v) is 10.2. The average Bonchev–Trinajstić information content (AvgIpc) is 2.87. The molecule has 0 aliphatic rings. The summed E-state index contributed by atoms with van der Waals surface area (Å²) in [5, 5.41) is 20.7. The monoisotopic (exact) mass is 500 g/mol. The molecule has 7 nitrogen and oxygen atoms in total. The van der Waals surface area contributed by atoms with Gasteiger partial charge in [0.25, 0.3) is 0 Å². The van der Waals surface area contributed by atoms with Crippen LogP contribution in [0.5, 0.6) is 0 Å². The highest BCUT2D eigenvalue weighted by molar-refractivity contribution is 5.92. The van der Waals surface area contributed by atoms with Crippen molar-refractivity contribution < 1.29 is 14.7 Å². The fraction of sp³-hybridized carbons (Fsp3) is 0.300. The Morgan fingerprint density at radius 1 is 0.892 bits per heavy atom. The van der Waals surface area contributed by atoms with Gasteiger partial charge in [0.15, 0.2) is 0 Å². The van der Waals surface area contributed by atoms with Gasteiger partial charge in [-0.25, -0.2) is 9.59 Å². The van der Waals surface area contributed by atoms with Crippen molar-refractivity contribution in [3.8, 4) is 0 Å². The number of hydrogen-bond donors (Lipinski definition) is 5. The van der Waals surface area contributed by atoms with E-state index in [-0.39, 0.29) is 18.5 Å². The van der Waals surface area contributed by atoms with Gasteiger partial charge in [-0.1, -0.05) is 91.0 Å². The van der Waals surface area contributed by atoms with E-state index in [4.69, 9.17) is 5.73 Å². The molecular formula is C30H36N4O3. The zero-order chi connectivity index (χ0) is 26.9. The van der Waals surface area contributed by atoms with Gasteiger partial charge in [0, 0.05) is 18.5 Å². The standard InChI is InChI=1S/C30H36N4O3/c1-29(2,3)34-30(31,19-22-13-7-4-8-14-22)27(36)26(25(21-35)24-17-11-6-12-18-24)33-28(37)32-20-23-15-9-5-10-16-23/h4-18,26-27,34,36H,19-20,31H2,1-3H3,(H2,32,33,37). The van der Waals surface area contributed by atoms with E-state index in [1.165, 1.54) is 0 Å². The number of amides is 2. The van der Waals surface area contributed by atoms with Crippen molar-refractivity contribution in [1.82, 2.24) is 16.0 Å². The molecule has 7 heteroatoms. The molecule has 0 saturated heterocycles. The van der Waals surface area contributed by atoms with Crippen LogP contribution in [0.15, 0.2) is 91.0 Å². The lowest BCUT2D eigenvalue weighted by molar-refractivity contribution is 0.0321. The van der Waals surface area contributed by atoms with Crippen molar-refractivity contribution in [3.63, 3.8) is 0 Å². The summed E-state index contributed by atoms with van der Waals surface area (Å²) in [5.41, 5.74) is 7.44. The minimum Gasteiger partial charge on any atom is -0.387 e. The van der Waals surface area contributed by atoms with Crippen molar-refractivity contribution in [2.75, 3.05) is 0 Å². The smallest absolute Gasteiger partial charge is 0.315 e. The van der Waals surface area contributed by atoms with E-state index < -0.39 is 29.4 Å². The van der Waals surface area contributed by atoms with Crippen LogP contribution in [0.4, 0.5) is 4.79 Å². The summed E-state index contributed by atoms with van der Waals surface area (Å²) in [4.78, 5) is 25.3. The van der Waals surface area contributed by atoms with Crippen molar-refractivity contribution >= 4 is 17.5 Å². The van der Waals surface area contributed by atoms with Gasteiger partial charge in [0.1, 0.15) is 12.0 Å². The lowest BCUT2D eigenvalue weighted by atomic mass is 9.84. The number of aliphatic hydroxyl groups is 1. The van der Waals surface area contributed by atoms with Crippen LogP contribution in [0.1, 0.15) is 37.5 Å². The Balaban J connectivity index is 1.96. The number of benzene rings is 3. The first-order chi connectivity index (χ1) is 17.6. The summed E-state index contributed by atoms with van der Waals surface area (Å²) in [6, 6.07) is 26.1. The molecule has 0 aromatic heterocycles. The normalized spacial score (nSPS) is 14.5. The van der Waals surface area contributed by atoms with Crippen LogP contribution in [-0.4, -0.2) is 40.4 Å². The van der Waals surface area contributed by atoms with Gasteiger partial charge in [-0.3, -0.25) is 5.32 Å². The summed E-state index contributed by atoms with van der Waals surface area (Å²) in [6.45, 7) is 6.10.